The van der Waals surface area contributed by atoms with Gasteiger partial charge in [0.25, 0.3) is 5.91 Å². The summed E-state index contributed by atoms with van der Waals surface area (Å²) in [6.45, 7) is 23.1. The topological polar surface area (TPSA) is 142 Å². The number of halogens is 5. The molecule has 0 aliphatic carbocycles. The second kappa shape index (κ2) is 31.6. The van der Waals surface area contributed by atoms with Gasteiger partial charge >= 0.3 is 46.1 Å². The second-order valence-electron chi connectivity index (χ2n) is 15.3. The van der Waals surface area contributed by atoms with Crippen molar-refractivity contribution in [3.8, 4) is 0 Å². The molecule has 5 saturated heterocycles. The van der Waals surface area contributed by atoms with E-state index >= 15 is 0 Å². The third-order valence-corrected chi connectivity index (χ3v) is 9.93. The van der Waals surface area contributed by atoms with E-state index in [-0.39, 0.29) is 97.5 Å². The van der Waals surface area contributed by atoms with E-state index in [1.54, 1.807) is 50.8 Å². The molecule has 12 nitrogen and oxygen atoms in total. The number of ketones is 1. The van der Waals surface area contributed by atoms with Crippen molar-refractivity contribution >= 4 is 104 Å². The zero-order valence-electron chi connectivity index (χ0n) is 36.3. The summed E-state index contributed by atoms with van der Waals surface area (Å²) in [4.78, 5) is 26.4. The Labute approximate surface area is 439 Å². The number of nitrogens with zero attached hydrogens (tertiary/aromatic N) is 1. The Balaban J connectivity index is -0.000000378. The van der Waals surface area contributed by atoms with Crippen LogP contribution in [-0.4, -0.2) is 160 Å². The maximum Gasteiger partial charge on any atom is 2.00 e. The number of morpholine rings is 1. The van der Waals surface area contributed by atoms with E-state index in [2.05, 4.69) is 43.4 Å². The van der Waals surface area contributed by atoms with Crippen molar-refractivity contribution in [2.75, 3.05) is 26.3 Å². The summed E-state index contributed by atoms with van der Waals surface area (Å²) in [7, 11) is 0. The van der Waals surface area contributed by atoms with Crippen LogP contribution in [-0.2, 0) is 38.0 Å². The number of hydrogen-bond acceptors (Lipinski definition) is 11. The number of aliphatic hydroxyl groups is 2. The van der Waals surface area contributed by atoms with E-state index in [0.29, 0.717) is 36.9 Å². The molecule has 0 aromatic heterocycles. The summed E-state index contributed by atoms with van der Waals surface area (Å²) in [5.41, 5.74) is 2.41. The van der Waals surface area contributed by atoms with Crippen LogP contribution >= 0.6 is 45.8 Å². The number of hydrogen-bond donors (Lipinski definition) is 2. The minimum atomic E-state index is -1.07. The first-order valence-electron chi connectivity index (χ1n) is 18.6. The Morgan fingerprint density at radius 2 is 1.15 bits per heavy atom. The van der Waals surface area contributed by atoms with Gasteiger partial charge in [-0.25, -0.2) is 0 Å². The van der Waals surface area contributed by atoms with Crippen LogP contribution in [0.2, 0.25) is 10.0 Å². The number of aryl methyl sites for hydroxylation is 2. The fraction of sp³-hybridized carbons (Fsp3) is 0.628. The van der Waals surface area contributed by atoms with Crippen molar-refractivity contribution in [2.24, 2.45) is 0 Å². The molecule has 0 unspecified atom stereocenters. The summed E-state index contributed by atoms with van der Waals surface area (Å²) in [6, 6.07) is 11.0. The third-order valence-electron chi connectivity index (χ3n) is 8.45. The molecule has 2 N–H and O–H groups in total. The molecule has 8 atom stereocenters. The first kappa shape index (κ1) is 69.2. The molecular weight excluding hydrogens is 1020 g/mol. The molecule has 1 amide bonds. The second-order valence-corrected chi connectivity index (χ2v) is 17.3. The van der Waals surface area contributed by atoms with Crippen molar-refractivity contribution < 1.29 is 77.8 Å². The number of carbonyl (C=O) groups is 2. The Hall–Kier alpha value is 0.642. The quantitative estimate of drug-likeness (QED) is 0.201. The fourth-order valence-corrected chi connectivity index (χ4v) is 6.88. The van der Waals surface area contributed by atoms with Gasteiger partial charge in [0.1, 0.15) is 24.4 Å². The van der Waals surface area contributed by atoms with E-state index < -0.39 is 60.8 Å². The summed E-state index contributed by atoms with van der Waals surface area (Å²) in [5, 5.41) is 21.8. The first-order chi connectivity index (χ1) is 26.1. The van der Waals surface area contributed by atoms with E-state index in [1.165, 1.54) is 9.49 Å². The molecule has 5 heterocycles. The monoisotopic (exact) mass is 1090 g/mol. The van der Waals surface area contributed by atoms with E-state index in [1.807, 2.05) is 52.3 Å². The Morgan fingerprint density at radius 1 is 0.758 bits per heavy atom. The molecule has 7 rings (SSSR count). The van der Waals surface area contributed by atoms with Gasteiger partial charge in [-0.15, -0.1) is 0 Å². The molecule has 19 heteroatoms. The minimum absolute atomic E-state index is 0. The Bertz CT molecular complexity index is 1610. The number of benzene rings is 2. The van der Waals surface area contributed by atoms with Gasteiger partial charge < -0.3 is 85.4 Å². The maximum atomic E-state index is 12.5. The molecule has 0 saturated carbocycles. The van der Waals surface area contributed by atoms with Gasteiger partial charge in [-0.05, 0) is 93.5 Å². The van der Waals surface area contributed by atoms with Crippen LogP contribution in [0.3, 0.4) is 0 Å². The average Bonchev–Trinajstić information content (AvgIpc) is 3.80. The SMILES string of the molecule is C.C.CC1(C)O[C@@H]2O[C@@H](C(=O)N3CCOCC3)[C@@H](O)[C@@H]2O1.C[C-](C)C.C[CH-]C.Cc1ccc(C(=O)[C@@H]2O[C@H]3OC(C)(C)O[C@H]3[C@@H]2O)cc1Cl.Cc1ccc(I)cc1Cl.[Cl-].[Cl-].[Mg+2].[Mg+2]. The van der Waals surface area contributed by atoms with E-state index in [4.69, 9.17) is 56.4 Å². The van der Waals surface area contributed by atoms with E-state index in [0.717, 1.165) is 16.1 Å². The zero-order chi connectivity index (χ0) is 42.1. The molecule has 2 aromatic carbocycles. The number of rotatable bonds is 3. The predicted molar refractivity (Wildman–Crippen MR) is 247 cm³/mol. The largest absolute Gasteiger partial charge is 2.00 e. The number of amides is 1. The molecule has 62 heavy (non-hydrogen) atoms. The molecular formula is C43H66Cl4IMg2NO11. The normalized spacial score (nSPS) is 26.4. The third kappa shape index (κ3) is 20.5. The van der Waals surface area contributed by atoms with Gasteiger partial charge in [-0.3, -0.25) is 9.59 Å². The van der Waals surface area contributed by atoms with Crippen LogP contribution in [0, 0.1) is 29.8 Å². The van der Waals surface area contributed by atoms with Gasteiger partial charge in [0.15, 0.2) is 42.1 Å². The summed E-state index contributed by atoms with van der Waals surface area (Å²) in [6.07, 6.45) is -4.66. The van der Waals surface area contributed by atoms with Gasteiger partial charge in [0.05, 0.1) is 13.2 Å². The van der Waals surface area contributed by atoms with Crippen LogP contribution in [0.5, 0.6) is 0 Å². The number of aliphatic hydroxyl groups excluding tert-OH is 2. The number of Topliss-reactive ketones (excluding diaryl/α,β-unsaturated/α-hetero) is 1. The minimum Gasteiger partial charge on any atom is -1.00 e. The molecule has 348 valence electrons. The fourth-order valence-electron chi connectivity index (χ4n) is 5.84. The summed E-state index contributed by atoms with van der Waals surface area (Å²) < 4.78 is 39.6. The van der Waals surface area contributed by atoms with Crippen molar-refractivity contribution in [2.45, 2.75) is 152 Å². The molecule has 5 fully saturated rings. The predicted octanol–water partition coefficient (Wildman–Crippen LogP) is 1.77. The number of fused-ring (bicyclic) bond motifs is 2. The van der Waals surface area contributed by atoms with Crippen LogP contribution in [0.4, 0.5) is 0 Å². The Morgan fingerprint density at radius 3 is 1.53 bits per heavy atom. The summed E-state index contributed by atoms with van der Waals surface area (Å²) >= 11 is 14.1. The van der Waals surface area contributed by atoms with Crippen molar-refractivity contribution in [3.63, 3.8) is 0 Å². The maximum absolute atomic E-state index is 12.5. The molecule has 5 aliphatic rings. The molecule has 5 aliphatic heterocycles. The van der Waals surface area contributed by atoms with Gasteiger partial charge in [0.2, 0.25) is 0 Å². The van der Waals surface area contributed by atoms with Gasteiger partial charge in [-0.2, -0.15) is 34.6 Å². The first-order valence-corrected chi connectivity index (χ1v) is 20.4. The molecule has 0 radical (unpaired) electrons. The zero-order valence-corrected chi connectivity index (χ0v) is 44.3. The van der Waals surface area contributed by atoms with Gasteiger partial charge in [-0.1, -0.05) is 56.3 Å². The van der Waals surface area contributed by atoms with Crippen LogP contribution in [0.1, 0.15) is 98.7 Å². The number of ether oxygens (including phenoxy) is 7. The summed E-state index contributed by atoms with van der Waals surface area (Å²) in [5.74, 6) is -0.750. The molecule has 0 bridgehead atoms. The Kier molecular flexibility index (Phi) is 35.3. The van der Waals surface area contributed by atoms with Crippen molar-refractivity contribution in [1.29, 1.82) is 0 Å². The standard InChI is InChI=1S/C15H17ClO5.C12H19NO6.C7H6ClI.C4H9.C3H7.2CH4.2ClH.2Mg/c1-7-4-5-8(6-9(7)16)10(17)12-11(18)13-14(19-12)21-15(2,3)20-13;1-12(2)18-9-7(14)8(17-11(9)19-12)10(15)13-3-5-16-6-4-13;1-5-2-3-6(9)4-7(5)8;1-4(2)3;1-3-2;;;;;;/h4-6,11-14,18H,1-3H3;7-9,11,14H,3-6H2,1-2H3;2-4H,1H3;1-3H3;3H,1-2H3;2*1H4;2*1H;;/q;;;2*-1;;;;;2*+2/p-2/t11-,12+,13+,14+;7-,8-,9+,11+;;;;;;;;;/m11........./s1. The smallest absolute Gasteiger partial charge is 1.00 e. The van der Waals surface area contributed by atoms with Gasteiger partial charge in [0, 0.05) is 32.3 Å². The van der Waals surface area contributed by atoms with Crippen molar-refractivity contribution in [3.05, 3.63) is 79.0 Å². The van der Waals surface area contributed by atoms with Crippen LogP contribution < -0.4 is 24.8 Å². The van der Waals surface area contributed by atoms with Crippen LogP contribution in [0.25, 0.3) is 0 Å². The molecule has 2 aromatic rings. The number of carbonyl (C=O) groups excluding carboxylic acids is 2. The van der Waals surface area contributed by atoms with E-state index in [9.17, 15) is 19.8 Å². The average molecular weight is 1090 g/mol. The van der Waals surface area contributed by atoms with Crippen LogP contribution in [0.15, 0.2) is 36.4 Å². The van der Waals surface area contributed by atoms with Crippen molar-refractivity contribution in [1.82, 2.24) is 4.90 Å². The molecule has 0 spiro atoms.